The van der Waals surface area contributed by atoms with Crippen molar-refractivity contribution in [3.63, 3.8) is 0 Å². The first kappa shape index (κ1) is 21.5. The van der Waals surface area contributed by atoms with Gasteiger partial charge in [0.1, 0.15) is 11.3 Å². The molecular weight excluding hydrogens is 504 g/mol. The van der Waals surface area contributed by atoms with Crippen LogP contribution in [0.25, 0.3) is 33.9 Å². The number of nitrogens with zero attached hydrogens (tertiary/aromatic N) is 1. The van der Waals surface area contributed by atoms with Crippen molar-refractivity contribution in [1.82, 2.24) is 4.98 Å². The zero-order chi connectivity index (χ0) is 22.9. The van der Waals surface area contributed by atoms with Gasteiger partial charge >= 0.3 is 0 Å². The number of halogens is 2. The number of carbonyl (C=O) groups excluding carboxylic acids is 1. The minimum atomic E-state index is -0.333. The molecule has 0 spiro atoms. The Balaban J connectivity index is 1.32. The van der Waals surface area contributed by atoms with E-state index >= 15 is 0 Å². The number of carbonyl (C=O) groups is 1. The lowest BCUT2D eigenvalue weighted by Gasteiger charge is -2.04. The molecule has 0 bridgehead atoms. The number of rotatable bonds is 5. The molecule has 33 heavy (non-hydrogen) atoms. The standard InChI is InChI=1S/C26H18BrClN2O3/c1-2-15-13-20(27)24-21(14-15)30-26(33-24)17-5-9-19(10-6-17)29-25(31)23-12-11-22(32-23)16-3-7-18(28)8-4-16/h3-14H,2H2,1H3,(H,29,31). The van der Waals surface area contributed by atoms with Crippen LogP contribution in [-0.4, -0.2) is 10.9 Å². The maximum atomic E-state index is 12.6. The maximum Gasteiger partial charge on any atom is 0.291 e. The number of oxazole rings is 1. The second-order valence-corrected chi connectivity index (χ2v) is 8.79. The van der Waals surface area contributed by atoms with Crippen LogP contribution in [0, 0.1) is 0 Å². The molecule has 0 fully saturated rings. The number of aromatic nitrogens is 1. The van der Waals surface area contributed by atoms with Crippen LogP contribution >= 0.6 is 27.5 Å². The number of furan rings is 1. The van der Waals surface area contributed by atoms with Crippen LogP contribution in [0.5, 0.6) is 0 Å². The van der Waals surface area contributed by atoms with Crippen molar-refractivity contribution in [3.05, 3.63) is 93.6 Å². The molecule has 1 amide bonds. The zero-order valence-corrected chi connectivity index (χ0v) is 19.9. The van der Waals surface area contributed by atoms with E-state index in [1.165, 1.54) is 5.56 Å². The number of aryl methyl sites for hydroxylation is 1. The van der Waals surface area contributed by atoms with Gasteiger partial charge in [0, 0.05) is 21.8 Å². The van der Waals surface area contributed by atoms with Gasteiger partial charge in [-0.05, 0) is 101 Å². The van der Waals surface area contributed by atoms with Crippen LogP contribution in [0.1, 0.15) is 23.0 Å². The second-order valence-electron chi connectivity index (χ2n) is 7.50. The Morgan fingerprint density at radius 1 is 0.970 bits per heavy atom. The van der Waals surface area contributed by atoms with E-state index in [1.807, 2.05) is 36.4 Å². The predicted molar refractivity (Wildman–Crippen MR) is 134 cm³/mol. The van der Waals surface area contributed by atoms with E-state index in [-0.39, 0.29) is 11.7 Å². The molecule has 0 aliphatic carbocycles. The molecule has 2 aromatic heterocycles. The first-order chi connectivity index (χ1) is 16.0. The summed E-state index contributed by atoms with van der Waals surface area (Å²) in [5, 5.41) is 3.49. The summed E-state index contributed by atoms with van der Waals surface area (Å²) in [6.45, 7) is 2.10. The lowest BCUT2D eigenvalue weighted by Crippen LogP contribution is -2.10. The molecule has 2 heterocycles. The fraction of sp³-hybridized carbons (Fsp3) is 0.0769. The van der Waals surface area contributed by atoms with Gasteiger partial charge in [0.15, 0.2) is 11.3 Å². The smallest absolute Gasteiger partial charge is 0.291 e. The summed E-state index contributed by atoms with van der Waals surface area (Å²) in [5.74, 6) is 1.01. The van der Waals surface area contributed by atoms with Gasteiger partial charge in [-0.2, -0.15) is 0 Å². The van der Waals surface area contributed by atoms with Gasteiger partial charge in [-0.25, -0.2) is 4.98 Å². The van der Waals surface area contributed by atoms with Crippen molar-refractivity contribution in [2.75, 3.05) is 5.32 Å². The third-order valence-corrected chi connectivity index (χ3v) is 6.10. The molecule has 164 valence electrons. The van der Waals surface area contributed by atoms with Gasteiger partial charge in [0.25, 0.3) is 5.91 Å². The highest BCUT2D eigenvalue weighted by atomic mass is 79.9. The summed E-state index contributed by atoms with van der Waals surface area (Å²) < 4.78 is 12.6. The van der Waals surface area contributed by atoms with E-state index in [0.29, 0.717) is 27.9 Å². The van der Waals surface area contributed by atoms with E-state index in [1.54, 1.807) is 36.4 Å². The van der Waals surface area contributed by atoms with E-state index in [9.17, 15) is 4.79 Å². The van der Waals surface area contributed by atoms with Crippen LogP contribution in [0.4, 0.5) is 5.69 Å². The van der Waals surface area contributed by atoms with Crippen LogP contribution in [0.2, 0.25) is 5.02 Å². The van der Waals surface area contributed by atoms with E-state index in [2.05, 4.69) is 33.2 Å². The first-order valence-electron chi connectivity index (χ1n) is 10.4. The average molecular weight is 522 g/mol. The molecule has 0 atom stereocenters. The maximum absolute atomic E-state index is 12.6. The van der Waals surface area contributed by atoms with Crippen LogP contribution in [0.15, 0.2) is 86.1 Å². The predicted octanol–water partition coefficient (Wildman–Crippen LogP) is 7.99. The van der Waals surface area contributed by atoms with Crippen LogP contribution in [0.3, 0.4) is 0 Å². The summed E-state index contributed by atoms with van der Waals surface area (Å²) in [4.78, 5) is 17.2. The second kappa shape index (κ2) is 8.89. The summed E-state index contributed by atoms with van der Waals surface area (Å²) >= 11 is 9.49. The number of benzene rings is 3. The highest BCUT2D eigenvalue weighted by Crippen LogP contribution is 2.31. The highest BCUT2D eigenvalue weighted by Gasteiger charge is 2.15. The molecule has 5 rings (SSSR count). The Hall–Kier alpha value is -3.35. The summed E-state index contributed by atoms with van der Waals surface area (Å²) in [7, 11) is 0. The number of anilines is 1. The van der Waals surface area contributed by atoms with Crippen molar-refractivity contribution in [3.8, 4) is 22.8 Å². The van der Waals surface area contributed by atoms with Gasteiger partial charge in [-0.3, -0.25) is 4.79 Å². The first-order valence-corrected chi connectivity index (χ1v) is 11.5. The molecule has 0 saturated carbocycles. The molecule has 5 aromatic rings. The Labute approximate surface area is 203 Å². The SMILES string of the molecule is CCc1cc(Br)c2oc(-c3ccc(NC(=O)c4ccc(-c5ccc(Cl)cc5)o4)cc3)nc2c1. The van der Waals surface area contributed by atoms with E-state index in [4.69, 9.17) is 20.4 Å². The van der Waals surface area contributed by atoms with Crippen molar-refractivity contribution < 1.29 is 13.6 Å². The number of hydrogen-bond donors (Lipinski definition) is 1. The zero-order valence-electron chi connectivity index (χ0n) is 17.6. The molecule has 3 aromatic carbocycles. The molecule has 0 aliphatic heterocycles. The molecule has 0 aliphatic rings. The highest BCUT2D eigenvalue weighted by molar-refractivity contribution is 9.10. The van der Waals surface area contributed by atoms with Crippen molar-refractivity contribution >= 4 is 50.2 Å². The fourth-order valence-electron chi connectivity index (χ4n) is 3.49. The number of amides is 1. The lowest BCUT2D eigenvalue weighted by molar-refractivity contribution is 0.0997. The van der Waals surface area contributed by atoms with Crippen LogP contribution in [-0.2, 0) is 6.42 Å². The normalized spacial score (nSPS) is 11.1. The Morgan fingerprint density at radius 3 is 2.42 bits per heavy atom. The third kappa shape index (κ3) is 4.45. The molecule has 0 unspecified atom stereocenters. The van der Waals surface area contributed by atoms with Gasteiger partial charge in [0.2, 0.25) is 5.89 Å². The molecule has 0 radical (unpaired) electrons. The van der Waals surface area contributed by atoms with Crippen molar-refractivity contribution in [2.24, 2.45) is 0 Å². The third-order valence-electron chi connectivity index (χ3n) is 5.26. The summed E-state index contributed by atoms with van der Waals surface area (Å²) in [5.41, 5.74) is 5.01. The molecular formula is C26H18BrClN2O3. The minimum absolute atomic E-state index is 0.222. The van der Waals surface area contributed by atoms with Gasteiger partial charge in [0.05, 0.1) is 4.47 Å². The summed E-state index contributed by atoms with van der Waals surface area (Å²) in [6.07, 6.45) is 0.919. The average Bonchev–Trinajstić information content (AvgIpc) is 3.48. The summed E-state index contributed by atoms with van der Waals surface area (Å²) in [6, 6.07) is 22.0. The van der Waals surface area contributed by atoms with Gasteiger partial charge < -0.3 is 14.2 Å². The van der Waals surface area contributed by atoms with Gasteiger partial charge in [-0.1, -0.05) is 18.5 Å². The molecule has 1 N–H and O–H groups in total. The van der Waals surface area contributed by atoms with Crippen LogP contribution < -0.4 is 5.32 Å². The Morgan fingerprint density at radius 2 is 1.70 bits per heavy atom. The Bertz CT molecular complexity index is 1450. The minimum Gasteiger partial charge on any atom is -0.451 e. The quantitative estimate of drug-likeness (QED) is 0.254. The molecule has 5 nitrogen and oxygen atoms in total. The van der Waals surface area contributed by atoms with E-state index in [0.717, 1.165) is 27.5 Å². The lowest BCUT2D eigenvalue weighted by atomic mass is 10.1. The number of hydrogen-bond acceptors (Lipinski definition) is 4. The fourth-order valence-corrected chi connectivity index (χ4v) is 4.20. The monoisotopic (exact) mass is 520 g/mol. The Kier molecular flexibility index (Phi) is 5.79. The van der Waals surface area contributed by atoms with Gasteiger partial charge in [-0.15, -0.1) is 0 Å². The largest absolute Gasteiger partial charge is 0.451 e. The topological polar surface area (TPSA) is 68.3 Å². The van der Waals surface area contributed by atoms with Crippen molar-refractivity contribution in [2.45, 2.75) is 13.3 Å². The van der Waals surface area contributed by atoms with E-state index < -0.39 is 0 Å². The number of nitrogens with one attached hydrogen (secondary N) is 1. The molecule has 7 heteroatoms. The number of fused-ring (bicyclic) bond motifs is 1. The molecule has 0 saturated heterocycles. The van der Waals surface area contributed by atoms with Crippen molar-refractivity contribution in [1.29, 1.82) is 0 Å².